The van der Waals surface area contributed by atoms with Crippen molar-refractivity contribution in [2.24, 2.45) is 10.9 Å². The second-order valence-electron chi connectivity index (χ2n) is 26.7. The molecule has 0 spiro atoms. The molecule has 3 fully saturated rings. The van der Waals surface area contributed by atoms with Crippen LogP contribution in [0.3, 0.4) is 0 Å². The molecule has 0 radical (unpaired) electrons. The second kappa shape index (κ2) is 48.3. The number of aliphatic imine (C=N–C) groups is 1. The van der Waals surface area contributed by atoms with E-state index in [0.29, 0.717) is 46.6 Å². The third-order valence-electron chi connectivity index (χ3n) is 17.0. The Morgan fingerprint density at radius 3 is 1.25 bits per heavy atom. The standard InChI is InChI=1S/C23H26ClN5O2.C20H25ClN2O2.C18H18ClN5.C12H8N2.C4H3BrN2.CH2O3.ClH.2Cs.Cu.HI.H/c1-23(2,3)31-22(30)28-13-9-17(10-14-28)20-15-19(16-5-7-18(24)8-6-16)27-29(20)21-25-11-4-12-26-21;1-20(2,3)25-19(24)23-10-8-14(9-11-23)16-12-18(22-13-16)15-4-6-17(21)7-5-15;19-15-4-2-13(3-5-15)16-12-17(14-6-10-20-11-7-14)24(23-16)18-21-8-1-9-22-18;1-3-9-5-6-10-4-2-8-14-12(10)11(9)13-7-1;5-4-6-2-1-3-7-4;2-1-4-3;;;;;;/h4-8,11-12,15,17H,9-10,13-14H2,1-3H3;4-7,12,14H,8-11,13H2,1-3H3;1-5,8-9,12,14,20H,6-7,10-11H2;1-8H;1-3H;1,3H;1H;;;;1H;/q;;;;;;;3*+1;;-1/p-2. The molecule has 4 aliphatic heterocycles. The Morgan fingerprint density at radius 1 is 0.536 bits per heavy atom. The monoisotopic (exact) mass is 2030 g/mol. The molecule has 4 aliphatic rings. The number of nitrogens with zero attached hydrogens (tertiary/aromatic N) is 15. The Labute approximate surface area is 809 Å². The molecule has 0 aliphatic carbocycles. The number of benzene rings is 4. The first-order chi connectivity index (χ1) is 51.7. The number of pyridine rings is 2. The maximum absolute atomic E-state index is 12.4. The number of likely N-dealkylation sites (tertiary alicyclic amines) is 2. The van der Waals surface area contributed by atoms with E-state index in [1.807, 2.05) is 147 Å². The predicted octanol–water partition coefficient (Wildman–Crippen LogP) is 11.1. The number of aromatic nitrogens is 12. The van der Waals surface area contributed by atoms with Crippen LogP contribution in [0, 0.1) is 5.92 Å². The van der Waals surface area contributed by atoms with Crippen molar-refractivity contribution in [3.8, 4) is 34.4 Å². The van der Waals surface area contributed by atoms with E-state index in [-0.39, 0.29) is 176 Å². The maximum atomic E-state index is 12.4. The van der Waals surface area contributed by atoms with Gasteiger partial charge < -0.3 is 36.2 Å². The Balaban J connectivity index is 0.000000253. The number of nitrogens with one attached hydrogen (secondary N) is 1. The number of carbonyl (C=O) groups is 3. The van der Waals surface area contributed by atoms with E-state index < -0.39 is 11.2 Å². The molecule has 11 heterocycles. The Morgan fingerprint density at radius 2 is 0.891 bits per heavy atom. The summed E-state index contributed by atoms with van der Waals surface area (Å²) >= 11 is 27.0. The molecule has 572 valence electrons. The Hall–Kier alpha value is -4.31. The summed E-state index contributed by atoms with van der Waals surface area (Å²) in [6, 6.07) is 44.9. The minimum atomic E-state index is -0.495. The smallest absolute Gasteiger partial charge is 0.0964 e. The summed E-state index contributed by atoms with van der Waals surface area (Å²) in [5.74, 6) is 2.34. The molecule has 3 saturated heterocycles. The van der Waals surface area contributed by atoms with E-state index >= 15 is 0 Å². The number of halogens is 6. The summed E-state index contributed by atoms with van der Waals surface area (Å²) in [7, 11) is 0. The van der Waals surface area contributed by atoms with E-state index in [4.69, 9.17) is 64.5 Å². The van der Waals surface area contributed by atoms with Gasteiger partial charge in [0.15, 0.2) is 4.73 Å². The minimum absolute atomic E-state index is 0. The molecule has 11 aromatic rings. The zero-order chi connectivity index (χ0) is 76.3. The van der Waals surface area contributed by atoms with Gasteiger partial charge in [0.25, 0.3) is 18.4 Å². The zero-order valence-electron chi connectivity index (χ0n) is 63.1. The number of hydrogen-bond acceptors (Lipinski definition) is 19. The first-order valence-corrected chi connectivity index (χ1v) is 39.4. The summed E-state index contributed by atoms with van der Waals surface area (Å²) in [4.78, 5) is 77.9. The molecule has 2 amide bonds. The fourth-order valence-electron chi connectivity index (χ4n) is 12.0. The molecular formula is C78H83BrCl4Cs2CuIN16O7. The molecule has 4 aromatic carbocycles. The number of piperidine rings is 3. The van der Waals surface area contributed by atoms with Crippen molar-refractivity contribution in [1.29, 1.82) is 0 Å². The number of allylic oxidation sites excluding steroid dienone is 1. The summed E-state index contributed by atoms with van der Waals surface area (Å²) in [6.07, 6.45) is 21.4. The third-order valence-corrected chi connectivity index (χ3v) is 18.2. The fourth-order valence-corrected chi connectivity index (χ4v) is 12.6. The normalized spacial score (nSPS) is 14.1. The van der Waals surface area contributed by atoms with Crippen LogP contribution in [-0.4, -0.2) is 151 Å². The van der Waals surface area contributed by atoms with E-state index in [9.17, 15) is 9.59 Å². The van der Waals surface area contributed by atoms with Crippen LogP contribution in [0.15, 0.2) is 210 Å². The largest absolute Gasteiger partial charge is 1.00 e. The molecule has 15 rings (SSSR count). The van der Waals surface area contributed by atoms with Gasteiger partial charge in [0.1, 0.15) is 11.2 Å². The summed E-state index contributed by atoms with van der Waals surface area (Å²) < 4.78 is 15.3. The minimum Gasteiger partial charge on any atom is -1.00 e. The van der Waals surface area contributed by atoms with Crippen molar-refractivity contribution in [2.45, 2.75) is 103 Å². The molecule has 1 N–H and O–H groups in total. The van der Waals surface area contributed by atoms with Gasteiger partial charge in [-0.15, -0.1) is 12.4 Å². The summed E-state index contributed by atoms with van der Waals surface area (Å²) in [6.45, 7) is 16.7. The molecule has 0 unspecified atom stereocenters. The predicted molar refractivity (Wildman–Crippen MR) is 432 cm³/mol. The van der Waals surface area contributed by atoms with Gasteiger partial charge in [0.05, 0.1) is 46.1 Å². The molecule has 0 bridgehead atoms. The van der Waals surface area contributed by atoms with Gasteiger partial charge in [0.2, 0.25) is 0 Å². The van der Waals surface area contributed by atoms with Crippen LogP contribution in [0.4, 0.5) is 9.59 Å². The molecule has 0 saturated carbocycles. The molecule has 32 heteroatoms. The van der Waals surface area contributed by atoms with E-state index in [1.54, 1.807) is 87.0 Å². The number of carbonyl (C=O) groups excluding carboxylic acids is 3. The van der Waals surface area contributed by atoms with Crippen LogP contribution in [0.2, 0.25) is 15.1 Å². The van der Waals surface area contributed by atoms with Crippen LogP contribution in [0.1, 0.15) is 110 Å². The van der Waals surface area contributed by atoms with Gasteiger partial charge in [-0.2, -0.15) is 10.2 Å². The van der Waals surface area contributed by atoms with Crippen molar-refractivity contribution in [3.05, 3.63) is 238 Å². The van der Waals surface area contributed by atoms with Crippen molar-refractivity contribution in [3.63, 3.8) is 0 Å². The molecular weight excluding hydrogens is 1950 g/mol. The van der Waals surface area contributed by atoms with E-state index in [1.165, 1.54) is 11.3 Å². The van der Waals surface area contributed by atoms with Gasteiger partial charge in [-0.3, -0.25) is 19.8 Å². The number of rotatable bonds is 9. The van der Waals surface area contributed by atoms with E-state index in [0.717, 1.165) is 143 Å². The third kappa shape index (κ3) is 29.5. The number of ether oxygens (including phenoxy) is 2. The summed E-state index contributed by atoms with van der Waals surface area (Å²) in [5.41, 5.74) is 10.5. The number of hydrogen-bond donors (Lipinski definition) is 1. The number of fused-ring (bicyclic) bond motifs is 3. The molecule has 110 heavy (non-hydrogen) atoms. The fraction of sp³-hybridized carbons (Fsp3) is 0.308. The molecule has 7 aromatic heterocycles. The molecule has 23 nitrogen and oxygen atoms in total. The average molecular weight is 2030 g/mol. The first kappa shape index (κ1) is 94.5. The van der Waals surface area contributed by atoms with Crippen LogP contribution < -0.4 is 148 Å². The second-order valence-corrected chi connectivity index (χ2v) is 28.7. The number of amides is 2. The first-order valence-electron chi connectivity index (χ1n) is 34.5. The van der Waals surface area contributed by atoms with Crippen LogP contribution in [-0.2, 0) is 31.9 Å². The van der Waals surface area contributed by atoms with Gasteiger partial charge in [-0.1, -0.05) is 95.5 Å². The van der Waals surface area contributed by atoms with Crippen molar-refractivity contribution < 1.29 is 186 Å². The quantitative estimate of drug-likeness (QED) is 0.0267. The summed E-state index contributed by atoms with van der Waals surface area (Å²) in [5, 5.41) is 25.9. The average Bonchev–Trinajstić information content (AvgIpc) is 1.75. The van der Waals surface area contributed by atoms with Crippen molar-refractivity contribution >= 4 is 130 Å². The van der Waals surface area contributed by atoms with Crippen LogP contribution in [0.25, 0.3) is 56.2 Å². The van der Waals surface area contributed by atoms with Crippen LogP contribution in [0.5, 0.6) is 0 Å². The Kier molecular flexibility index (Phi) is 41.5. The SMILES string of the molecule is Brc1ncccn1.CC(C)(C)OC(=O)N1CCC(C2=CC(c3ccc(Cl)cc3)=NC2)CC1.CC(C)(C)OC(=O)N1CCC(c2cc(-c3ccc(Cl)cc3)nn2-c2ncccn2)CC1.Cl.Clc1ccc(-c2cc(C3CCNCC3)n(-c3ncccn3)n2)cc1.O=CO[O-].[Cs+].[Cs+].[Cu][I].[H-].c1cnc2c(c1)ccc1cccnc12. The Bertz CT molecular complexity index is 4650. The van der Waals surface area contributed by atoms with Crippen molar-refractivity contribution in [2.75, 3.05) is 45.8 Å². The van der Waals surface area contributed by atoms with Gasteiger partial charge in [-0.25, -0.2) is 48.9 Å². The van der Waals surface area contributed by atoms with E-state index in [2.05, 4.69) is 126 Å². The van der Waals surface area contributed by atoms with Gasteiger partial charge in [-0.05, 0) is 211 Å². The zero-order valence-corrected chi connectivity index (χ0v) is 82.5. The van der Waals surface area contributed by atoms with Gasteiger partial charge >= 0.3 is 183 Å². The topological polar surface area (TPSA) is 272 Å². The van der Waals surface area contributed by atoms with Crippen molar-refractivity contribution in [1.82, 2.24) is 74.5 Å². The molecule has 0 atom stereocenters. The maximum Gasteiger partial charge on any atom is 0.0964 e. The van der Waals surface area contributed by atoms with Gasteiger partial charge in [0, 0.05) is 125 Å². The van der Waals surface area contributed by atoms with Crippen LogP contribution >= 0.6 is 83.5 Å².